The number of alkyl halides is 2. The van der Waals surface area contributed by atoms with Crippen molar-refractivity contribution in [2.45, 2.75) is 58.8 Å². The lowest BCUT2D eigenvalue weighted by atomic mass is 9.95. The Morgan fingerprint density at radius 3 is 1.86 bits per heavy atom. The smallest absolute Gasteiger partial charge is 0.231 e. The summed E-state index contributed by atoms with van der Waals surface area (Å²) in [6.45, 7) is 9.70. The molecule has 0 bridgehead atoms. The second-order valence-corrected chi connectivity index (χ2v) is 12.6. The third kappa shape index (κ3) is 7.98. The van der Waals surface area contributed by atoms with Crippen LogP contribution in [0.5, 0.6) is 11.5 Å². The minimum absolute atomic E-state index is 0.0341. The fraction of sp³-hybridized carbons (Fsp3) is 0.317. The quantitative estimate of drug-likeness (QED) is 0.141. The number of nitrogens with zero attached hydrogens (tertiary/aromatic N) is 2. The average Bonchev–Trinajstić information content (AvgIpc) is 3.67. The minimum Gasteiger partial charge on any atom is -0.507 e. The Morgan fingerprint density at radius 2 is 1.31 bits per heavy atom. The summed E-state index contributed by atoms with van der Waals surface area (Å²) in [5.74, 6) is 1.29. The number of amides is 2. The molecule has 49 heavy (non-hydrogen) atoms. The molecular formula is C41H46Cl2N2O4. The Hall–Kier alpha value is -4.26. The van der Waals surface area contributed by atoms with Gasteiger partial charge in [-0.3, -0.25) is 9.59 Å². The topological polar surface area (TPSA) is 81.1 Å². The van der Waals surface area contributed by atoms with Gasteiger partial charge in [0.1, 0.15) is 11.5 Å². The number of phenolic OH excluding ortho intramolecular Hbond substituents is 2. The van der Waals surface area contributed by atoms with Gasteiger partial charge >= 0.3 is 0 Å². The number of carbonyl (C=O) groups is 2. The van der Waals surface area contributed by atoms with E-state index in [1.54, 1.807) is 21.9 Å². The molecule has 0 aliphatic carbocycles. The average molecular weight is 702 g/mol. The Morgan fingerprint density at radius 1 is 0.776 bits per heavy atom. The molecule has 0 saturated heterocycles. The van der Waals surface area contributed by atoms with Crippen LogP contribution in [0, 0.1) is 0 Å². The largest absolute Gasteiger partial charge is 0.507 e. The van der Waals surface area contributed by atoms with Crippen LogP contribution in [0.2, 0.25) is 0 Å². The first-order valence-corrected chi connectivity index (χ1v) is 18.1. The van der Waals surface area contributed by atoms with Crippen LogP contribution in [-0.4, -0.2) is 47.9 Å². The van der Waals surface area contributed by atoms with E-state index in [1.807, 2.05) is 60.7 Å². The van der Waals surface area contributed by atoms with Gasteiger partial charge in [-0.25, -0.2) is 0 Å². The molecule has 5 aromatic carbocycles. The summed E-state index contributed by atoms with van der Waals surface area (Å²) in [4.78, 5) is 27.5. The van der Waals surface area contributed by atoms with Crippen LogP contribution in [0.15, 0.2) is 84.9 Å². The molecule has 258 valence electrons. The fourth-order valence-electron chi connectivity index (χ4n) is 6.72. The summed E-state index contributed by atoms with van der Waals surface area (Å²) in [6, 6.07) is 27.1. The number of fused-ring (bicyclic) bond motifs is 6. The first-order valence-electron chi connectivity index (χ1n) is 16.8. The highest BCUT2D eigenvalue weighted by molar-refractivity contribution is 6.19. The van der Waals surface area contributed by atoms with Crippen LogP contribution in [0.3, 0.4) is 0 Å². The van der Waals surface area contributed by atoms with E-state index < -0.39 is 0 Å². The van der Waals surface area contributed by atoms with Gasteiger partial charge in [-0.2, -0.15) is 0 Å². The summed E-state index contributed by atoms with van der Waals surface area (Å²) in [5.41, 5.74) is 6.08. The maximum Gasteiger partial charge on any atom is 0.231 e. The van der Waals surface area contributed by atoms with E-state index in [-0.39, 0.29) is 23.3 Å². The molecule has 6 nitrogen and oxygen atoms in total. The Labute approximate surface area is 299 Å². The van der Waals surface area contributed by atoms with Gasteiger partial charge in [0.15, 0.2) is 0 Å². The molecule has 0 spiro atoms. The van der Waals surface area contributed by atoms with Crippen LogP contribution in [0.1, 0.15) is 68.2 Å². The van der Waals surface area contributed by atoms with Crippen molar-refractivity contribution in [2.24, 2.45) is 0 Å². The van der Waals surface area contributed by atoms with Crippen LogP contribution < -0.4 is 9.80 Å². The Bertz CT molecular complexity index is 1910. The third-order valence-electron chi connectivity index (χ3n) is 8.83. The molecule has 2 N–H and O–H groups in total. The van der Waals surface area contributed by atoms with Gasteiger partial charge in [-0.15, -0.1) is 23.2 Å². The zero-order valence-corrected chi connectivity index (χ0v) is 30.4. The molecule has 0 radical (unpaired) electrons. The zero-order valence-electron chi connectivity index (χ0n) is 28.9. The Balaban J connectivity index is 0.000000210. The molecule has 2 unspecified atom stereocenters. The summed E-state index contributed by atoms with van der Waals surface area (Å²) in [7, 11) is 0. The van der Waals surface area contributed by atoms with E-state index in [4.69, 9.17) is 11.6 Å². The predicted molar refractivity (Wildman–Crippen MR) is 206 cm³/mol. The molecule has 8 heteroatoms. The SMILES string of the molecule is CC1CN(C=O)c2cc(O)c3ccccc3c21.CCC.CCc1cccc(CC(=O)N2CC(CCl)c3c2cc(O)c2ccccc32)c1.CCl. The number of halogens is 2. The van der Waals surface area contributed by atoms with Crippen molar-refractivity contribution in [1.82, 2.24) is 0 Å². The number of benzene rings is 5. The van der Waals surface area contributed by atoms with Crippen molar-refractivity contribution in [2.75, 3.05) is 35.2 Å². The van der Waals surface area contributed by atoms with Crippen molar-refractivity contribution >= 4 is 68.4 Å². The van der Waals surface area contributed by atoms with Crippen LogP contribution in [0.4, 0.5) is 11.4 Å². The molecule has 5 aromatic rings. The highest BCUT2D eigenvalue weighted by Gasteiger charge is 2.34. The van der Waals surface area contributed by atoms with Gasteiger partial charge in [0.05, 0.1) is 17.8 Å². The van der Waals surface area contributed by atoms with E-state index >= 15 is 0 Å². The third-order valence-corrected chi connectivity index (χ3v) is 9.20. The van der Waals surface area contributed by atoms with Gasteiger partial charge in [0.2, 0.25) is 12.3 Å². The molecule has 7 rings (SSSR count). The molecule has 0 aromatic heterocycles. The van der Waals surface area contributed by atoms with E-state index in [0.29, 0.717) is 31.3 Å². The number of hydrogen-bond donors (Lipinski definition) is 2. The van der Waals surface area contributed by atoms with E-state index in [1.165, 1.54) is 18.4 Å². The van der Waals surface area contributed by atoms with Crippen LogP contribution >= 0.6 is 23.2 Å². The van der Waals surface area contributed by atoms with Gasteiger partial charge in [-0.05, 0) is 39.4 Å². The predicted octanol–water partition coefficient (Wildman–Crippen LogP) is 9.92. The first-order chi connectivity index (χ1) is 23.8. The number of aromatic hydroxyl groups is 2. The van der Waals surface area contributed by atoms with Crippen molar-refractivity contribution in [1.29, 1.82) is 0 Å². The van der Waals surface area contributed by atoms with Gasteiger partial charge in [0, 0.05) is 60.1 Å². The molecule has 2 amide bonds. The van der Waals surface area contributed by atoms with Crippen LogP contribution in [-0.2, 0) is 22.4 Å². The number of anilines is 2. The highest BCUT2D eigenvalue weighted by Crippen LogP contribution is 2.46. The standard InChI is InChI=1S/C23H22ClNO2.C14H13NO2.C3H8.CH3Cl/c1-2-15-6-5-7-16(10-15)11-22(27)25-14-17(13-24)23-19-9-4-3-8-18(19)21(26)12-20(23)25;1-9-7-15(8-16)12-6-13(17)10-4-2-3-5-11(10)14(9)12;1-3-2;1-2/h3-10,12,17,26H,2,11,13-14H2,1H3;2-6,8-9,17H,7H2,1H3;3H2,1-2H3;1H3. The van der Waals surface area contributed by atoms with Gasteiger partial charge in [0.25, 0.3) is 0 Å². The van der Waals surface area contributed by atoms with Crippen LogP contribution in [0.25, 0.3) is 21.5 Å². The highest BCUT2D eigenvalue weighted by atomic mass is 35.5. The lowest BCUT2D eigenvalue weighted by Gasteiger charge is -2.18. The van der Waals surface area contributed by atoms with E-state index in [9.17, 15) is 19.8 Å². The van der Waals surface area contributed by atoms with Crippen molar-refractivity contribution in [3.8, 4) is 11.5 Å². The normalized spacial score (nSPS) is 15.7. The first kappa shape index (κ1) is 37.6. The minimum atomic E-state index is 0.0341. The second kappa shape index (κ2) is 17.4. The molecule has 0 fully saturated rings. The second-order valence-electron chi connectivity index (χ2n) is 12.3. The molecule has 2 heterocycles. The fourth-order valence-corrected chi connectivity index (χ4v) is 6.97. The Kier molecular flexibility index (Phi) is 13.3. The van der Waals surface area contributed by atoms with Gasteiger partial charge < -0.3 is 20.0 Å². The number of rotatable bonds is 5. The monoisotopic (exact) mass is 700 g/mol. The lowest BCUT2D eigenvalue weighted by molar-refractivity contribution is -0.118. The molecular weight excluding hydrogens is 655 g/mol. The van der Waals surface area contributed by atoms with Crippen molar-refractivity contribution < 1.29 is 19.8 Å². The van der Waals surface area contributed by atoms with E-state index in [2.05, 4.69) is 51.4 Å². The van der Waals surface area contributed by atoms with Gasteiger partial charge in [-0.1, -0.05) is 107 Å². The number of aryl methyl sites for hydroxylation is 1. The van der Waals surface area contributed by atoms with E-state index in [0.717, 1.165) is 62.4 Å². The maximum atomic E-state index is 13.1. The zero-order chi connectivity index (χ0) is 35.7. The number of phenols is 2. The molecule has 2 aliphatic rings. The lowest BCUT2D eigenvalue weighted by Crippen LogP contribution is -2.31. The molecule has 2 aliphatic heterocycles. The molecule has 0 saturated carbocycles. The summed E-state index contributed by atoms with van der Waals surface area (Å²) >= 11 is 10.9. The summed E-state index contributed by atoms with van der Waals surface area (Å²) in [5, 5.41) is 24.1. The van der Waals surface area contributed by atoms with Crippen molar-refractivity contribution in [3.05, 3.63) is 107 Å². The number of carbonyl (C=O) groups excluding carboxylic acids is 2. The summed E-state index contributed by atoms with van der Waals surface area (Å²) in [6.07, 6.45) is 4.84. The molecule has 2 atom stereocenters. The summed E-state index contributed by atoms with van der Waals surface area (Å²) < 4.78 is 0. The van der Waals surface area contributed by atoms with Crippen molar-refractivity contribution in [3.63, 3.8) is 0 Å². The maximum absolute atomic E-state index is 13.1. The number of hydrogen-bond acceptors (Lipinski definition) is 4.